The summed E-state index contributed by atoms with van der Waals surface area (Å²) < 4.78 is 27.7. The van der Waals surface area contributed by atoms with Crippen LogP contribution in [-0.4, -0.2) is 8.42 Å². The van der Waals surface area contributed by atoms with E-state index >= 15 is 0 Å². The summed E-state index contributed by atoms with van der Waals surface area (Å²) in [4.78, 5) is 0.438. The van der Waals surface area contributed by atoms with Crippen LogP contribution in [0, 0.1) is 0 Å². The summed E-state index contributed by atoms with van der Waals surface area (Å²) in [5, 5.41) is 0. The van der Waals surface area contributed by atoms with Gasteiger partial charge in [0.1, 0.15) is 0 Å². The van der Waals surface area contributed by atoms with E-state index in [2.05, 4.69) is 0 Å². The van der Waals surface area contributed by atoms with Crippen LogP contribution in [0.1, 0.15) is 22.3 Å². The van der Waals surface area contributed by atoms with Crippen molar-refractivity contribution in [2.24, 2.45) is 0 Å². The van der Waals surface area contributed by atoms with Gasteiger partial charge in [-0.3, -0.25) is 0 Å². The van der Waals surface area contributed by atoms with Crippen molar-refractivity contribution in [1.29, 1.82) is 0 Å². The molecular formula is C26H24N2O2S. The van der Waals surface area contributed by atoms with Gasteiger partial charge in [-0.1, -0.05) is 72.8 Å². The SMILES string of the molecule is Nc1cccc(S(=O)(=O)c2cccc(N)c2Cc2ccccc2)c1Cc1ccccc1. The van der Waals surface area contributed by atoms with Crippen LogP contribution in [-0.2, 0) is 22.7 Å². The number of nitrogens with two attached hydrogens (primary N) is 2. The van der Waals surface area contributed by atoms with E-state index in [1.165, 1.54) is 0 Å². The third-order valence-electron chi connectivity index (χ3n) is 5.37. The Hall–Kier alpha value is -3.57. The molecule has 0 aliphatic rings. The maximum absolute atomic E-state index is 13.8. The molecule has 4 rings (SSSR count). The molecule has 0 unspecified atom stereocenters. The average molecular weight is 429 g/mol. The zero-order chi connectivity index (χ0) is 21.8. The Morgan fingerprint density at radius 3 is 1.29 bits per heavy atom. The fourth-order valence-corrected chi connectivity index (χ4v) is 5.55. The molecule has 0 radical (unpaired) electrons. The van der Waals surface area contributed by atoms with E-state index in [4.69, 9.17) is 11.5 Å². The predicted molar refractivity (Wildman–Crippen MR) is 126 cm³/mol. The van der Waals surface area contributed by atoms with Gasteiger partial charge in [-0.15, -0.1) is 0 Å². The molecule has 0 saturated carbocycles. The Balaban J connectivity index is 1.84. The van der Waals surface area contributed by atoms with E-state index in [9.17, 15) is 8.42 Å². The highest BCUT2D eigenvalue weighted by atomic mass is 32.2. The molecule has 4 N–H and O–H groups in total. The highest BCUT2D eigenvalue weighted by Crippen LogP contribution is 2.33. The fourth-order valence-electron chi connectivity index (χ4n) is 3.77. The first-order chi connectivity index (χ1) is 15.0. The van der Waals surface area contributed by atoms with Crippen LogP contribution < -0.4 is 11.5 Å². The first-order valence-electron chi connectivity index (χ1n) is 10.0. The van der Waals surface area contributed by atoms with Crippen molar-refractivity contribution in [2.75, 3.05) is 11.5 Å². The molecule has 0 aromatic heterocycles. The van der Waals surface area contributed by atoms with E-state index in [0.29, 0.717) is 35.3 Å². The number of rotatable bonds is 6. The summed E-state index contributed by atoms with van der Waals surface area (Å²) in [6.45, 7) is 0. The lowest BCUT2D eigenvalue weighted by atomic mass is 10.0. The number of sulfone groups is 1. The van der Waals surface area contributed by atoms with Gasteiger partial charge < -0.3 is 11.5 Å². The Kier molecular flexibility index (Phi) is 5.78. The molecule has 0 saturated heterocycles. The van der Waals surface area contributed by atoms with Crippen LogP contribution in [0.5, 0.6) is 0 Å². The van der Waals surface area contributed by atoms with Crippen LogP contribution in [0.4, 0.5) is 11.4 Å². The molecule has 0 bridgehead atoms. The van der Waals surface area contributed by atoms with Gasteiger partial charge in [-0.2, -0.15) is 0 Å². The molecule has 4 nitrogen and oxygen atoms in total. The predicted octanol–water partition coefficient (Wildman–Crippen LogP) is 4.87. The molecule has 0 atom stereocenters. The van der Waals surface area contributed by atoms with Crippen molar-refractivity contribution in [3.05, 3.63) is 119 Å². The van der Waals surface area contributed by atoms with E-state index in [0.717, 1.165) is 11.1 Å². The van der Waals surface area contributed by atoms with Crippen LogP contribution in [0.2, 0.25) is 0 Å². The summed E-state index contributed by atoms with van der Waals surface area (Å²) in [7, 11) is -3.85. The quantitative estimate of drug-likeness (QED) is 0.429. The molecule has 0 aliphatic carbocycles. The van der Waals surface area contributed by atoms with Gasteiger partial charge in [-0.05, 0) is 46.5 Å². The number of nitrogen functional groups attached to an aromatic ring is 2. The molecular weight excluding hydrogens is 404 g/mol. The normalized spacial score (nSPS) is 11.4. The van der Waals surface area contributed by atoms with Crippen molar-refractivity contribution >= 4 is 21.2 Å². The largest absolute Gasteiger partial charge is 0.398 e. The smallest absolute Gasteiger partial charge is 0.207 e. The molecule has 31 heavy (non-hydrogen) atoms. The second-order valence-corrected chi connectivity index (χ2v) is 9.36. The van der Waals surface area contributed by atoms with E-state index in [1.54, 1.807) is 36.4 Å². The Labute approximate surface area is 183 Å². The second-order valence-electron chi connectivity index (χ2n) is 7.48. The second kappa shape index (κ2) is 8.66. The van der Waals surface area contributed by atoms with Gasteiger partial charge in [0.05, 0.1) is 9.79 Å². The summed E-state index contributed by atoms with van der Waals surface area (Å²) in [6, 6.07) is 29.5. The fraction of sp³-hybridized carbons (Fsp3) is 0.0769. The molecule has 0 amide bonds. The third kappa shape index (κ3) is 4.32. The number of hydrogen-bond donors (Lipinski definition) is 2. The zero-order valence-electron chi connectivity index (χ0n) is 17.0. The van der Waals surface area contributed by atoms with E-state index in [-0.39, 0.29) is 9.79 Å². The third-order valence-corrected chi connectivity index (χ3v) is 7.29. The highest BCUT2D eigenvalue weighted by Gasteiger charge is 2.26. The molecule has 4 aromatic rings. The molecule has 0 aliphatic heterocycles. The summed E-state index contributed by atoms with van der Waals surface area (Å²) >= 11 is 0. The summed E-state index contributed by atoms with van der Waals surface area (Å²) in [5.74, 6) is 0. The first kappa shape index (κ1) is 20.7. The zero-order valence-corrected chi connectivity index (χ0v) is 17.8. The lowest BCUT2D eigenvalue weighted by Gasteiger charge is -2.17. The monoisotopic (exact) mass is 428 g/mol. The highest BCUT2D eigenvalue weighted by molar-refractivity contribution is 7.91. The minimum absolute atomic E-state index is 0.219. The van der Waals surface area contributed by atoms with Crippen molar-refractivity contribution in [1.82, 2.24) is 0 Å². The van der Waals surface area contributed by atoms with Gasteiger partial charge in [0.25, 0.3) is 0 Å². The lowest BCUT2D eigenvalue weighted by Crippen LogP contribution is -2.12. The minimum Gasteiger partial charge on any atom is -0.398 e. The first-order valence-corrected chi connectivity index (χ1v) is 11.5. The molecule has 0 spiro atoms. The van der Waals surface area contributed by atoms with Crippen molar-refractivity contribution in [3.63, 3.8) is 0 Å². The van der Waals surface area contributed by atoms with Gasteiger partial charge in [0.15, 0.2) is 0 Å². The Bertz CT molecular complexity index is 1210. The van der Waals surface area contributed by atoms with Crippen molar-refractivity contribution in [3.8, 4) is 0 Å². The van der Waals surface area contributed by atoms with Crippen molar-refractivity contribution in [2.45, 2.75) is 22.6 Å². The summed E-state index contributed by atoms with van der Waals surface area (Å²) in [5.41, 5.74) is 16.6. The van der Waals surface area contributed by atoms with Crippen LogP contribution >= 0.6 is 0 Å². The summed E-state index contributed by atoms with van der Waals surface area (Å²) in [6.07, 6.45) is 0.858. The van der Waals surface area contributed by atoms with Crippen LogP contribution in [0.25, 0.3) is 0 Å². The number of benzene rings is 4. The standard InChI is InChI=1S/C26H24N2O2S/c27-23-13-7-15-25(21(23)17-19-9-3-1-4-10-19)31(29,30)26-16-8-14-24(28)22(26)18-20-11-5-2-6-12-20/h1-16H,17-18,27-28H2. The lowest BCUT2D eigenvalue weighted by molar-refractivity contribution is 0.594. The molecule has 4 aromatic carbocycles. The van der Waals surface area contributed by atoms with Crippen molar-refractivity contribution < 1.29 is 8.42 Å². The molecule has 156 valence electrons. The van der Waals surface area contributed by atoms with E-state index < -0.39 is 9.84 Å². The average Bonchev–Trinajstić information content (AvgIpc) is 2.78. The number of hydrogen-bond acceptors (Lipinski definition) is 4. The van der Waals surface area contributed by atoms with Crippen LogP contribution in [0.3, 0.4) is 0 Å². The van der Waals surface area contributed by atoms with E-state index in [1.807, 2.05) is 60.7 Å². The number of anilines is 2. The Morgan fingerprint density at radius 2 is 0.903 bits per heavy atom. The Morgan fingerprint density at radius 1 is 0.516 bits per heavy atom. The molecule has 5 heteroatoms. The van der Waals surface area contributed by atoms with Gasteiger partial charge in [0.2, 0.25) is 9.84 Å². The van der Waals surface area contributed by atoms with Gasteiger partial charge in [0, 0.05) is 24.2 Å². The van der Waals surface area contributed by atoms with Gasteiger partial charge >= 0.3 is 0 Å². The topological polar surface area (TPSA) is 86.2 Å². The van der Waals surface area contributed by atoms with Gasteiger partial charge in [-0.25, -0.2) is 8.42 Å². The maximum atomic E-state index is 13.8. The maximum Gasteiger partial charge on any atom is 0.207 e. The van der Waals surface area contributed by atoms with Crippen LogP contribution in [0.15, 0.2) is 107 Å². The minimum atomic E-state index is -3.85. The molecule has 0 heterocycles. The molecule has 0 fully saturated rings.